The first-order valence-electron chi connectivity index (χ1n) is 7.53. The quantitative estimate of drug-likeness (QED) is 0.835. The first kappa shape index (κ1) is 14.1. The highest BCUT2D eigenvalue weighted by molar-refractivity contribution is 5.99. The summed E-state index contributed by atoms with van der Waals surface area (Å²) in [5.74, 6) is 0.282. The van der Waals surface area contributed by atoms with Crippen LogP contribution < -0.4 is 0 Å². The van der Waals surface area contributed by atoms with Crippen LogP contribution in [0.5, 0.6) is 0 Å². The average molecular weight is 282 g/mol. The molecular formula is C18H22N2O. The lowest BCUT2D eigenvalue weighted by Gasteiger charge is -2.31. The molecular weight excluding hydrogens is 260 g/mol. The standard InChI is InChI=1S/C18H22N2O/c1-12-9-15-16(10-18(3,4)11-17(15)21)20(12)13(2)14-5-7-19-8-6-14/h5-9,13H,10-11H2,1-4H3. The molecule has 0 saturated heterocycles. The minimum absolute atomic E-state index is 0.0462. The van der Waals surface area contributed by atoms with Crippen molar-refractivity contribution in [3.05, 3.63) is 53.1 Å². The van der Waals surface area contributed by atoms with Gasteiger partial charge in [0.15, 0.2) is 5.78 Å². The van der Waals surface area contributed by atoms with Crippen LogP contribution in [0.15, 0.2) is 30.6 Å². The summed E-state index contributed by atoms with van der Waals surface area (Å²) in [5, 5.41) is 0. The molecule has 2 aromatic rings. The van der Waals surface area contributed by atoms with E-state index in [0.29, 0.717) is 6.42 Å². The fraction of sp³-hybridized carbons (Fsp3) is 0.444. The monoisotopic (exact) mass is 282 g/mol. The summed E-state index contributed by atoms with van der Waals surface area (Å²) in [6.45, 7) is 8.64. The molecule has 2 aromatic heterocycles. The Morgan fingerprint density at radius 1 is 1.24 bits per heavy atom. The van der Waals surface area contributed by atoms with Gasteiger partial charge in [-0.05, 0) is 49.4 Å². The molecule has 0 aliphatic heterocycles. The fourth-order valence-electron chi connectivity index (χ4n) is 3.50. The van der Waals surface area contributed by atoms with E-state index in [9.17, 15) is 4.79 Å². The number of carbonyl (C=O) groups is 1. The number of nitrogens with zero attached hydrogens (tertiary/aromatic N) is 2. The van der Waals surface area contributed by atoms with Gasteiger partial charge in [0.1, 0.15) is 0 Å². The van der Waals surface area contributed by atoms with Crippen molar-refractivity contribution in [2.75, 3.05) is 0 Å². The van der Waals surface area contributed by atoms with Gasteiger partial charge in [0.25, 0.3) is 0 Å². The largest absolute Gasteiger partial charge is 0.341 e. The third kappa shape index (κ3) is 2.41. The minimum Gasteiger partial charge on any atom is -0.341 e. The van der Waals surface area contributed by atoms with Gasteiger partial charge in [-0.3, -0.25) is 9.78 Å². The van der Waals surface area contributed by atoms with Crippen molar-refractivity contribution in [2.45, 2.75) is 46.6 Å². The smallest absolute Gasteiger partial charge is 0.165 e. The number of pyridine rings is 1. The van der Waals surface area contributed by atoms with Crippen LogP contribution in [-0.4, -0.2) is 15.3 Å². The third-order valence-corrected chi connectivity index (χ3v) is 4.50. The van der Waals surface area contributed by atoms with Gasteiger partial charge in [-0.15, -0.1) is 0 Å². The van der Waals surface area contributed by atoms with Crippen LogP contribution in [0.2, 0.25) is 0 Å². The molecule has 0 radical (unpaired) electrons. The SMILES string of the molecule is Cc1cc2c(n1C(C)c1ccncc1)CC(C)(C)CC2=O. The number of carbonyl (C=O) groups excluding carboxylic acids is 1. The second kappa shape index (κ2) is 4.83. The lowest BCUT2D eigenvalue weighted by Crippen LogP contribution is -2.28. The molecule has 0 saturated carbocycles. The van der Waals surface area contributed by atoms with Gasteiger partial charge in [0.2, 0.25) is 0 Å². The van der Waals surface area contributed by atoms with E-state index in [0.717, 1.165) is 17.7 Å². The first-order chi connectivity index (χ1) is 9.89. The van der Waals surface area contributed by atoms with Crippen molar-refractivity contribution in [3.8, 4) is 0 Å². The summed E-state index contributed by atoms with van der Waals surface area (Å²) < 4.78 is 2.32. The number of hydrogen-bond acceptors (Lipinski definition) is 2. The Labute approximate surface area is 126 Å². The van der Waals surface area contributed by atoms with Crippen LogP contribution in [0.4, 0.5) is 0 Å². The van der Waals surface area contributed by atoms with Crippen LogP contribution in [0.1, 0.15) is 60.5 Å². The molecule has 21 heavy (non-hydrogen) atoms. The molecule has 3 rings (SSSR count). The molecule has 1 aliphatic carbocycles. The van der Waals surface area contributed by atoms with E-state index in [1.165, 1.54) is 11.3 Å². The lowest BCUT2D eigenvalue weighted by molar-refractivity contribution is 0.0909. The minimum atomic E-state index is 0.0462. The summed E-state index contributed by atoms with van der Waals surface area (Å²) in [6.07, 6.45) is 5.25. The molecule has 1 aliphatic rings. The van der Waals surface area contributed by atoms with Crippen molar-refractivity contribution in [1.82, 2.24) is 9.55 Å². The highest BCUT2D eigenvalue weighted by atomic mass is 16.1. The predicted molar refractivity (Wildman–Crippen MR) is 83.7 cm³/mol. The second-order valence-electron chi connectivity index (χ2n) is 6.91. The van der Waals surface area contributed by atoms with E-state index in [1.807, 2.05) is 24.5 Å². The molecule has 0 amide bonds. The van der Waals surface area contributed by atoms with Crippen LogP contribution in [-0.2, 0) is 6.42 Å². The fourth-order valence-corrected chi connectivity index (χ4v) is 3.50. The van der Waals surface area contributed by atoms with E-state index in [2.05, 4.69) is 43.3 Å². The molecule has 110 valence electrons. The maximum atomic E-state index is 12.4. The number of Topliss-reactive ketones (excluding diaryl/α,β-unsaturated/α-hetero) is 1. The number of hydrogen-bond donors (Lipinski definition) is 0. The molecule has 3 heteroatoms. The zero-order valence-electron chi connectivity index (χ0n) is 13.2. The Morgan fingerprint density at radius 3 is 2.57 bits per heavy atom. The van der Waals surface area contributed by atoms with Crippen molar-refractivity contribution in [3.63, 3.8) is 0 Å². The highest BCUT2D eigenvalue weighted by Crippen LogP contribution is 2.38. The van der Waals surface area contributed by atoms with Gasteiger partial charge < -0.3 is 4.57 Å². The number of ketones is 1. The lowest BCUT2D eigenvalue weighted by atomic mass is 9.76. The summed E-state index contributed by atoms with van der Waals surface area (Å²) in [4.78, 5) is 16.5. The van der Waals surface area contributed by atoms with Crippen molar-refractivity contribution in [1.29, 1.82) is 0 Å². The van der Waals surface area contributed by atoms with E-state index in [4.69, 9.17) is 0 Å². The van der Waals surface area contributed by atoms with Gasteiger partial charge in [0.05, 0.1) is 6.04 Å². The van der Waals surface area contributed by atoms with Crippen LogP contribution >= 0.6 is 0 Å². The van der Waals surface area contributed by atoms with Gasteiger partial charge in [-0.25, -0.2) is 0 Å². The van der Waals surface area contributed by atoms with Crippen LogP contribution in [0, 0.1) is 12.3 Å². The number of aromatic nitrogens is 2. The van der Waals surface area contributed by atoms with Gasteiger partial charge >= 0.3 is 0 Å². The maximum absolute atomic E-state index is 12.4. The Morgan fingerprint density at radius 2 is 1.90 bits per heavy atom. The number of aryl methyl sites for hydroxylation is 1. The first-order valence-corrected chi connectivity index (χ1v) is 7.53. The van der Waals surface area contributed by atoms with E-state index < -0.39 is 0 Å². The molecule has 0 aromatic carbocycles. The molecule has 3 nitrogen and oxygen atoms in total. The number of fused-ring (bicyclic) bond motifs is 1. The van der Waals surface area contributed by atoms with E-state index in [-0.39, 0.29) is 17.2 Å². The average Bonchev–Trinajstić information content (AvgIpc) is 2.74. The van der Waals surface area contributed by atoms with Crippen molar-refractivity contribution >= 4 is 5.78 Å². The maximum Gasteiger partial charge on any atom is 0.165 e. The molecule has 1 unspecified atom stereocenters. The summed E-state index contributed by atoms with van der Waals surface area (Å²) in [5.41, 5.74) is 4.55. The highest BCUT2D eigenvalue weighted by Gasteiger charge is 2.34. The predicted octanol–water partition coefficient (Wildman–Crippen LogP) is 3.96. The van der Waals surface area contributed by atoms with Gasteiger partial charge in [-0.2, -0.15) is 0 Å². The topological polar surface area (TPSA) is 34.9 Å². The third-order valence-electron chi connectivity index (χ3n) is 4.50. The Balaban J connectivity index is 2.11. The van der Waals surface area contributed by atoms with E-state index >= 15 is 0 Å². The molecule has 1 atom stereocenters. The molecule has 2 heterocycles. The summed E-state index contributed by atoms with van der Waals surface area (Å²) >= 11 is 0. The Kier molecular flexibility index (Phi) is 3.23. The number of rotatable bonds is 2. The normalized spacial score (nSPS) is 18.4. The summed E-state index contributed by atoms with van der Waals surface area (Å²) in [6, 6.07) is 6.38. The Hall–Kier alpha value is -1.90. The van der Waals surface area contributed by atoms with Crippen LogP contribution in [0.25, 0.3) is 0 Å². The zero-order chi connectivity index (χ0) is 15.2. The zero-order valence-corrected chi connectivity index (χ0v) is 13.2. The molecule has 0 fully saturated rings. The molecule has 0 N–H and O–H groups in total. The van der Waals surface area contributed by atoms with E-state index in [1.54, 1.807) is 0 Å². The molecule has 0 spiro atoms. The van der Waals surface area contributed by atoms with Crippen molar-refractivity contribution in [2.24, 2.45) is 5.41 Å². The van der Waals surface area contributed by atoms with Gasteiger partial charge in [0, 0.05) is 35.8 Å². The Bertz CT molecular complexity index is 683. The van der Waals surface area contributed by atoms with Crippen LogP contribution in [0.3, 0.4) is 0 Å². The second-order valence-corrected chi connectivity index (χ2v) is 6.91. The van der Waals surface area contributed by atoms with Crippen molar-refractivity contribution < 1.29 is 4.79 Å². The molecule has 0 bridgehead atoms. The van der Waals surface area contributed by atoms with Gasteiger partial charge in [-0.1, -0.05) is 13.8 Å². The summed E-state index contributed by atoms with van der Waals surface area (Å²) in [7, 11) is 0.